The lowest BCUT2D eigenvalue weighted by Crippen LogP contribution is -2.21. The molecule has 0 atom stereocenters. The summed E-state index contributed by atoms with van der Waals surface area (Å²) in [7, 11) is 0. The zero-order chi connectivity index (χ0) is 13.3. The number of nitrogens with zero attached hydrogens (tertiary/aromatic N) is 1. The Morgan fingerprint density at radius 3 is 2.24 bits per heavy atom. The summed E-state index contributed by atoms with van der Waals surface area (Å²) in [6, 6.07) is 0.514. The standard InChI is InChI=1S/C12H15F4N/c1-4-5-11(2,3)10-9(13)6-8(7-17-10)12(14,15)16/h6-7H,4-5H2,1-3H3. The van der Waals surface area contributed by atoms with E-state index in [1.165, 1.54) is 0 Å². The van der Waals surface area contributed by atoms with Gasteiger partial charge in [-0.05, 0) is 12.5 Å². The SMILES string of the molecule is CCCC(C)(C)c1ncc(C(F)(F)F)cc1F. The van der Waals surface area contributed by atoms with Crippen LogP contribution in [-0.4, -0.2) is 4.98 Å². The van der Waals surface area contributed by atoms with Crippen molar-refractivity contribution < 1.29 is 17.6 Å². The molecule has 96 valence electrons. The van der Waals surface area contributed by atoms with Gasteiger partial charge in [-0.2, -0.15) is 13.2 Å². The van der Waals surface area contributed by atoms with Crippen LogP contribution in [0.25, 0.3) is 0 Å². The Morgan fingerprint density at radius 1 is 1.24 bits per heavy atom. The van der Waals surface area contributed by atoms with Gasteiger partial charge in [0.2, 0.25) is 0 Å². The second kappa shape index (κ2) is 4.63. The fourth-order valence-electron chi connectivity index (χ4n) is 1.83. The number of hydrogen-bond donors (Lipinski definition) is 0. The van der Waals surface area contributed by atoms with E-state index in [4.69, 9.17) is 0 Å². The zero-order valence-electron chi connectivity index (χ0n) is 10.0. The molecule has 0 saturated heterocycles. The fourth-order valence-corrected chi connectivity index (χ4v) is 1.83. The van der Waals surface area contributed by atoms with Crippen molar-refractivity contribution in [2.75, 3.05) is 0 Å². The fraction of sp³-hybridized carbons (Fsp3) is 0.583. The Labute approximate surface area is 97.9 Å². The molecule has 0 amide bonds. The molecule has 0 saturated carbocycles. The second-order valence-electron chi connectivity index (χ2n) is 4.69. The molecule has 0 aliphatic carbocycles. The lowest BCUT2D eigenvalue weighted by atomic mass is 9.83. The van der Waals surface area contributed by atoms with Gasteiger partial charge in [-0.25, -0.2) is 4.39 Å². The molecule has 1 aromatic heterocycles. The molecule has 0 aliphatic rings. The number of aromatic nitrogens is 1. The van der Waals surface area contributed by atoms with Crippen LogP contribution < -0.4 is 0 Å². The number of halogens is 4. The molecule has 0 aromatic carbocycles. The van der Waals surface area contributed by atoms with Crippen LogP contribution in [0.15, 0.2) is 12.3 Å². The Hall–Kier alpha value is -1.13. The third-order valence-electron chi connectivity index (χ3n) is 2.68. The Kier molecular flexibility index (Phi) is 3.79. The van der Waals surface area contributed by atoms with Crippen LogP contribution in [0.2, 0.25) is 0 Å². The van der Waals surface area contributed by atoms with Crippen molar-refractivity contribution in [1.82, 2.24) is 4.98 Å². The third-order valence-corrected chi connectivity index (χ3v) is 2.68. The number of rotatable bonds is 3. The highest BCUT2D eigenvalue weighted by Gasteiger charge is 2.33. The summed E-state index contributed by atoms with van der Waals surface area (Å²) in [6.07, 6.45) is -2.38. The first kappa shape index (κ1) is 13.9. The van der Waals surface area contributed by atoms with Gasteiger partial charge in [-0.1, -0.05) is 27.2 Å². The van der Waals surface area contributed by atoms with E-state index >= 15 is 0 Å². The number of pyridine rings is 1. The molecule has 0 fully saturated rings. The van der Waals surface area contributed by atoms with E-state index in [1.807, 2.05) is 6.92 Å². The van der Waals surface area contributed by atoms with Gasteiger partial charge in [0.1, 0.15) is 5.82 Å². The first-order valence-corrected chi connectivity index (χ1v) is 5.41. The third kappa shape index (κ3) is 3.17. The molecule has 0 unspecified atom stereocenters. The normalized spacial score (nSPS) is 12.9. The minimum absolute atomic E-state index is 0.0901. The van der Waals surface area contributed by atoms with E-state index in [2.05, 4.69) is 4.98 Å². The van der Waals surface area contributed by atoms with Gasteiger partial charge in [0.15, 0.2) is 0 Å². The first-order chi connectivity index (χ1) is 7.68. The van der Waals surface area contributed by atoms with Gasteiger partial charge in [0.25, 0.3) is 0 Å². The van der Waals surface area contributed by atoms with Crippen molar-refractivity contribution in [3.63, 3.8) is 0 Å². The van der Waals surface area contributed by atoms with Crippen molar-refractivity contribution in [2.45, 2.75) is 45.2 Å². The molecule has 1 rings (SSSR count). The quantitative estimate of drug-likeness (QED) is 0.727. The molecule has 0 aliphatic heterocycles. The van der Waals surface area contributed by atoms with Crippen molar-refractivity contribution in [3.05, 3.63) is 29.3 Å². The average molecular weight is 249 g/mol. The average Bonchev–Trinajstić information content (AvgIpc) is 2.15. The van der Waals surface area contributed by atoms with Gasteiger partial charge in [0, 0.05) is 11.6 Å². The van der Waals surface area contributed by atoms with Crippen LogP contribution >= 0.6 is 0 Å². The zero-order valence-corrected chi connectivity index (χ0v) is 10.0. The van der Waals surface area contributed by atoms with Crippen molar-refractivity contribution >= 4 is 0 Å². The van der Waals surface area contributed by atoms with Gasteiger partial charge in [0.05, 0.1) is 11.3 Å². The summed E-state index contributed by atoms with van der Waals surface area (Å²) in [5, 5.41) is 0. The van der Waals surface area contributed by atoms with Crippen LogP contribution in [0, 0.1) is 5.82 Å². The monoisotopic (exact) mass is 249 g/mol. The Balaban J connectivity index is 3.14. The maximum absolute atomic E-state index is 13.6. The summed E-state index contributed by atoms with van der Waals surface area (Å²) >= 11 is 0. The topological polar surface area (TPSA) is 12.9 Å². The van der Waals surface area contributed by atoms with Crippen molar-refractivity contribution in [2.24, 2.45) is 0 Å². The maximum Gasteiger partial charge on any atom is 0.417 e. The number of hydrogen-bond acceptors (Lipinski definition) is 1. The molecule has 1 aromatic rings. The van der Waals surface area contributed by atoms with Gasteiger partial charge < -0.3 is 0 Å². The highest BCUT2D eigenvalue weighted by Crippen LogP contribution is 2.33. The van der Waals surface area contributed by atoms with Crippen molar-refractivity contribution in [3.8, 4) is 0 Å². The van der Waals surface area contributed by atoms with Crippen molar-refractivity contribution in [1.29, 1.82) is 0 Å². The summed E-state index contributed by atoms with van der Waals surface area (Å²) in [5.74, 6) is -0.890. The van der Waals surface area contributed by atoms with E-state index < -0.39 is 23.0 Å². The van der Waals surface area contributed by atoms with Crippen LogP contribution in [0.5, 0.6) is 0 Å². The molecule has 0 N–H and O–H groups in total. The molecule has 0 bridgehead atoms. The van der Waals surface area contributed by atoms with E-state index in [1.54, 1.807) is 13.8 Å². The minimum Gasteiger partial charge on any atom is -0.257 e. The maximum atomic E-state index is 13.6. The van der Waals surface area contributed by atoms with Crippen LogP contribution in [0.1, 0.15) is 44.9 Å². The Morgan fingerprint density at radius 2 is 1.82 bits per heavy atom. The largest absolute Gasteiger partial charge is 0.417 e. The molecule has 1 heterocycles. The number of alkyl halides is 3. The Bertz CT molecular complexity index is 396. The molecule has 5 heteroatoms. The molecular formula is C12H15F4N. The molecule has 0 radical (unpaired) electrons. The lowest BCUT2D eigenvalue weighted by Gasteiger charge is -2.24. The van der Waals surface area contributed by atoms with Gasteiger partial charge in [-0.15, -0.1) is 0 Å². The van der Waals surface area contributed by atoms with Crippen LogP contribution in [0.4, 0.5) is 17.6 Å². The summed E-state index contributed by atoms with van der Waals surface area (Å²) < 4.78 is 50.6. The van der Waals surface area contributed by atoms with E-state index in [0.29, 0.717) is 18.7 Å². The summed E-state index contributed by atoms with van der Waals surface area (Å²) in [6.45, 7) is 5.48. The van der Waals surface area contributed by atoms with Gasteiger partial charge in [-0.3, -0.25) is 4.98 Å². The first-order valence-electron chi connectivity index (χ1n) is 5.41. The van der Waals surface area contributed by atoms with Crippen LogP contribution in [-0.2, 0) is 11.6 Å². The molecular weight excluding hydrogens is 234 g/mol. The second-order valence-corrected chi connectivity index (χ2v) is 4.69. The van der Waals surface area contributed by atoms with E-state index in [9.17, 15) is 17.6 Å². The highest BCUT2D eigenvalue weighted by atomic mass is 19.4. The lowest BCUT2D eigenvalue weighted by molar-refractivity contribution is -0.138. The summed E-state index contributed by atoms with van der Waals surface area (Å²) in [4.78, 5) is 3.64. The summed E-state index contributed by atoms with van der Waals surface area (Å²) in [5.41, 5.74) is -1.51. The molecule has 17 heavy (non-hydrogen) atoms. The van der Waals surface area contributed by atoms with E-state index in [0.717, 1.165) is 6.42 Å². The predicted molar refractivity (Wildman–Crippen MR) is 57.1 cm³/mol. The van der Waals surface area contributed by atoms with Gasteiger partial charge >= 0.3 is 6.18 Å². The minimum atomic E-state index is -4.55. The molecule has 0 spiro atoms. The smallest absolute Gasteiger partial charge is 0.257 e. The van der Waals surface area contributed by atoms with E-state index in [-0.39, 0.29) is 5.69 Å². The highest BCUT2D eigenvalue weighted by molar-refractivity contribution is 5.23. The van der Waals surface area contributed by atoms with Crippen LogP contribution in [0.3, 0.4) is 0 Å². The molecule has 1 nitrogen and oxygen atoms in total. The predicted octanol–water partition coefficient (Wildman–Crippen LogP) is 4.32.